The van der Waals surface area contributed by atoms with Crippen LogP contribution in [0.1, 0.15) is 175 Å². The smallest absolute Gasteiger partial charge is 0.0934 e. The molecule has 0 aromatic heterocycles. The van der Waals surface area contributed by atoms with Crippen molar-refractivity contribution in [3.05, 3.63) is 48.6 Å². The predicted octanol–water partition coefficient (Wildman–Crippen LogP) is 12.7. The van der Waals surface area contributed by atoms with Crippen LogP contribution in [-0.2, 0) is 9.47 Å². The Morgan fingerprint density at radius 2 is 0.857 bits per heavy atom. The Balaban J connectivity index is 2.08. The number of hydrogen-bond donors (Lipinski definition) is 0. The van der Waals surface area contributed by atoms with E-state index in [-0.39, 0.29) is 6.10 Å². The number of likely N-dealkylation sites (N-methyl/N-ethyl adjacent to an activating group) is 1. The maximum absolute atomic E-state index is 6.45. The van der Waals surface area contributed by atoms with E-state index in [4.69, 9.17) is 9.47 Å². The van der Waals surface area contributed by atoms with E-state index < -0.39 is 0 Å². The topological polar surface area (TPSA) is 24.9 Å². The van der Waals surface area contributed by atoms with Gasteiger partial charge in [0.25, 0.3) is 0 Å². The first-order valence-electron chi connectivity index (χ1n) is 21.5. The summed E-state index contributed by atoms with van der Waals surface area (Å²) in [6, 6.07) is 0. The molecular formula is C45H84N2O2. The third-order valence-electron chi connectivity index (χ3n) is 9.87. The highest BCUT2D eigenvalue weighted by molar-refractivity contribution is 4.93. The molecule has 4 nitrogen and oxygen atoms in total. The lowest BCUT2D eigenvalue weighted by Crippen LogP contribution is -2.49. The summed E-state index contributed by atoms with van der Waals surface area (Å²) in [5, 5.41) is 0. The van der Waals surface area contributed by atoms with Gasteiger partial charge in [-0.2, -0.15) is 0 Å². The normalized spacial score (nSPS) is 15.7. The van der Waals surface area contributed by atoms with E-state index in [1.807, 2.05) is 0 Å². The summed E-state index contributed by atoms with van der Waals surface area (Å²) in [6.07, 6.45) is 49.9. The van der Waals surface area contributed by atoms with Crippen molar-refractivity contribution in [1.29, 1.82) is 0 Å². The van der Waals surface area contributed by atoms with E-state index in [1.54, 1.807) is 0 Å². The van der Waals surface area contributed by atoms with Gasteiger partial charge in [0.1, 0.15) is 0 Å². The molecule has 0 aromatic carbocycles. The molecule has 286 valence electrons. The molecule has 1 heterocycles. The molecule has 0 spiro atoms. The van der Waals surface area contributed by atoms with Gasteiger partial charge in [-0.1, -0.05) is 146 Å². The zero-order valence-corrected chi connectivity index (χ0v) is 33.2. The molecule has 0 bridgehead atoms. The van der Waals surface area contributed by atoms with Gasteiger partial charge in [-0.25, -0.2) is 0 Å². The lowest BCUT2D eigenvalue weighted by atomic mass is 10.1. The van der Waals surface area contributed by atoms with Crippen LogP contribution in [-0.4, -0.2) is 75.0 Å². The molecule has 1 aliphatic rings. The van der Waals surface area contributed by atoms with Crippen molar-refractivity contribution in [3.8, 4) is 0 Å². The van der Waals surface area contributed by atoms with Crippen LogP contribution in [0, 0.1) is 0 Å². The summed E-state index contributed by atoms with van der Waals surface area (Å²) in [6.45, 7) is 16.2. The van der Waals surface area contributed by atoms with Gasteiger partial charge >= 0.3 is 0 Å². The van der Waals surface area contributed by atoms with Crippen molar-refractivity contribution in [2.24, 2.45) is 0 Å². The first-order chi connectivity index (χ1) is 24.3. The van der Waals surface area contributed by atoms with Gasteiger partial charge in [0, 0.05) is 45.9 Å². The van der Waals surface area contributed by atoms with E-state index >= 15 is 0 Å². The Hall–Kier alpha value is -1.20. The van der Waals surface area contributed by atoms with Crippen molar-refractivity contribution < 1.29 is 9.47 Å². The Kier molecular flexibility index (Phi) is 35.6. The molecule has 1 rings (SSSR count). The first-order valence-corrected chi connectivity index (χ1v) is 21.5. The third kappa shape index (κ3) is 32.5. The molecule has 1 saturated heterocycles. The minimum atomic E-state index is 0.204. The van der Waals surface area contributed by atoms with Crippen LogP contribution < -0.4 is 0 Å². The molecule has 0 aromatic rings. The first kappa shape index (κ1) is 45.8. The number of rotatable bonds is 36. The monoisotopic (exact) mass is 685 g/mol. The fourth-order valence-corrected chi connectivity index (χ4v) is 6.48. The summed E-state index contributed by atoms with van der Waals surface area (Å²) in [5.41, 5.74) is 0. The van der Waals surface area contributed by atoms with Gasteiger partial charge in [-0.15, -0.1) is 0 Å². The maximum atomic E-state index is 6.45. The molecule has 0 N–H and O–H groups in total. The predicted molar refractivity (Wildman–Crippen MR) is 218 cm³/mol. The molecule has 49 heavy (non-hydrogen) atoms. The molecule has 4 heteroatoms. The van der Waals surface area contributed by atoms with E-state index in [9.17, 15) is 0 Å². The fourth-order valence-electron chi connectivity index (χ4n) is 6.48. The highest BCUT2D eigenvalue weighted by Gasteiger charge is 2.20. The second kappa shape index (κ2) is 38.0. The Labute approximate surface area is 307 Å². The molecule has 0 saturated carbocycles. The molecule has 1 unspecified atom stereocenters. The van der Waals surface area contributed by atoms with Gasteiger partial charge in [0.15, 0.2) is 0 Å². The molecule has 1 aliphatic heterocycles. The van der Waals surface area contributed by atoms with Crippen LogP contribution in [0.3, 0.4) is 0 Å². The number of unbranched alkanes of at least 4 members (excludes halogenated alkanes) is 18. The number of allylic oxidation sites excluding steroid dienone is 8. The van der Waals surface area contributed by atoms with Crippen molar-refractivity contribution in [1.82, 2.24) is 9.80 Å². The standard InChI is InChI=1S/C45H84N2O2/c1-4-7-9-11-13-15-17-19-21-23-25-27-29-31-33-35-41-48-44-45(43-47-39-37-46(6-3)38-40-47)49-42-36-34-32-30-28-26-24-22-20-18-16-14-12-10-8-5-2/h13-16,19-22,45H,4-12,17-18,23-44H2,1-3H3/b15-13-,16-14+,21-19-,22-20+. The highest BCUT2D eigenvalue weighted by Crippen LogP contribution is 2.12. The number of piperazine rings is 1. The maximum Gasteiger partial charge on any atom is 0.0934 e. The molecule has 1 atom stereocenters. The summed E-state index contributed by atoms with van der Waals surface area (Å²) in [4.78, 5) is 5.15. The molecule has 1 fully saturated rings. The summed E-state index contributed by atoms with van der Waals surface area (Å²) in [7, 11) is 0. The van der Waals surface area contributed by atoms with Crippen molar-refractivity contribution >= 4 is 0 Å². The largest absolute Gasteiger partial charge is 0.379 e. The van der Waals surface area contributed by atoms with Crippen molar-refractivity contribution in [3.63, 3.8) is 0 Å². The Morgan fingerprint density at radius 3 is 1.33 bits per heavy atom. The van der Waals surface area contributed by atoms with E-state index in [0.717, 1.165) is 52.3 Å². The van der Waals surface area contributed by atoms with Gasteiger partial charge in [-0.05, 0) is 83.6 Å². The zero-order valence-electron chi connectivity index (χ0n) is 33.2. The number of nitrogens with zero attached hydrogens (tertiary/aromatic N) is 2. The van der Waals surface area contributed by atoms with Crippen LogP contribution in [0.5, 0.6) is 0 Å². The molecule has 0 radical (unpaired) electrons. The minimum absolute atomic E-state index is 0.204. The van der Waals surface area contributed by atoms with Gasteiger partial charge < -0.3 is 14.4 Å². The second-order valence-corrected chi connectivity index (χ2v) is 14.5. The molecule has 0 aliphatic carbocycles. The lowest BCUT2D eigenvalue weighted by Gasteiger charge is -2.35. The van der Waals surface area contributed by atoms with Crippen LogP contribution in [0.4, 0.5) is 0 Å². The zero-order chi connectivity index (χ0) is 35.1. The SMILES string of the molecule is CCCCC/C=C\C/C=C\CCCCCCCCOCC(CN1CCN(CC)CC1)OCCCCCCCC/C=C/C/C=C/CCCCC. The summed E-state index contributed by atoms with van der Waals surface area (Å²) >= 11 is 0. The van der Waals surface area contributed by atoms with Gasteiger partial charge in [0.2, 0.25) is 0 Å². The van der Waals surface area contributed by atoms with Crippen LogP contribution in [0.15, 0.2) is 48.6 Å². The molecular weight excluding hydrogens is 601 g/mol. The fraction of sp³-hybridized carbons (Fsp3) is 0.822. The number of ether oxygens (including phenoxy) is 2. The average molecular weight is 685 g/mol. The van der Waals surface area contributed by atoms with E-state index in [0.29, 0.717) is 0 Å². The Morgan fingerprint density at radius 1 is 0.449 bits per heavy atom. The highest BCUT2D eigenvalue weighted by atomic mass is 16.5. The average Bonchev–Trinajstić information content (AvgIpc) is 3.12. The quantitative estimate of drug-likeness (QED) is 0.0484. The lowest BCUT2D eigenvalue weighted by molar-refractivity contribution is -0.0395. The van der Waals surface area contributed by atoms with Gasteiger partial charge in [0.05, 0.1) is 12.7 Å². The van der Waals surface area contributed by atoms with E-state index in [1.165, 1.54) is 161 Å². The van der Waals surface area contributed by atoms with Gasteiger partial charge in [-0.3, -0.25) is 4.90 Å². The number of hydrogen-bond acceptors (Lipinski definition) is 4. The van der Waals surface area contributed by atoms with Crippen LogP contribution in [0.2, 0.25) is 0 Å². The molecule has 0 amide bonds. The Bertz CT molecular complexity index is 768. The van der Waals surface area contributed by atoms with Crippen LogP contribution in [0.25, 0.3) is 0 Å². The second-order valence-electron chi connectivity index (χ2n) is 14.5. The minimum Gasteiger partial charge on any atom is -0.379 e. The third-order valence-corrected chi connectivity index (χ3v) is 9.87. The van der Waals surface area contributed by atoms with E-state index in [2.05, 4.69) is 79.2 Å². The van der Waals surface area contributed by atoms with Crippen LogP contribution >= 0.6 is 0 Å². The van der Waals surface area contributed by atoms with Crippen molar-refractivity contribution in [2.75, 3.05) is 59.1 Å². The summed E-state index contributed by atoms with van der Waals surface area (Å²) in [5.74, 6) is 0. The summed E-state index contributed by atoms with van der Waals surface area (Å²) < 4.78 is 12.6. The van der Waals surface area contributed by atoms with Crippen molar-refractivity contribution in [2.45, 2.75) is 181 Å².